The summed E-state index contributed by atoms with van der Waals surface area (Å²) in [4.78, 5) is 23.5. The minimum atomic E-state index is -0.0151. The third-order valence-corrected chi connectivity index (χ3v) is 6.06. The monoisotopic (exact) mass is 411 g/mol. The van der Waals surface area contributed by atoms with Crippen LogP contribution in [0.2, 0.25) is 5.02 Å². The maximum absolute atomic E-state index is 12.6. The lowest BCUT2D eigenvalue weighted by atomic mass is 9.96. The quantitative estimate of drug-likeness (QED) is 0.692. The molecule has 8 heteroatoms. The zero-order valence-electron chi connectivity index (χ0n) is 16.0. The van der Waals surface area contributed by atoms with Crippen LogP contribution >= 0.6 is 11.6 Å². The highest BCUT2D eigenvalue weighted by atomic mass is 35.5. The summed E-state index contributed by atoms with van der Waals surface area (Å²) in [7, 11) is 0. The number of hydrogen-bond acceptors (Lipinski definition) is 5. The highest BCUT2D eigenvalue weighted by molar-refractivity contribution is 6.35. The largest absolute Gasteiger partial charge is 0.481 e. The number of H-pyrrole nitrogens is 1. The summed E-state index contributed by atoms with van der Waals surface area (Å²) in [5, 5.41) is 8.89. The second kappa shape index (κ2) is 7.63. The van der Waals surface area contributed by atoms with Gasteiger partial charge in [0.05, 0.1) is 5.02 Å². The normalized spacial score (nSPS) is 17.6. The first-order chi connectivity index (χ1) is 14.2. The number of amides is 1. The average Bonchev–Trinajstić information content (AvgIpc) is 3.50. The predicted molar refractivity (Wildman–Crippen MR) is 109 cm³/mol. The van der Waals surface area contributed by atoms with Gasteiger partial charge in [-0.1, -0.05) is 11.6 Å². The molecule has 1 aliphatic carbocycles. The van der Waals surface area contributed by atoms with E-state index < -0.39 is 0 Å². The van der Waals surface area contributed by atoms with E-state index in [0.29, 0.717) is 41.2 Å². The third-order valence-electron chi connectivity index (χ3n) is 5.73. The van der Waals surface area contributed by atoms with Crippen molar-refractivity contribution >= 4 is 28.4 Å². The van der Waals surface area contributed by atoms with Gasteiger partial charge < -0.3 is 9.64 Å². The maximum Gasteiger partial charge on any atom is 0.260 e. The molecule has 3 aromatic rings. The first-order valence-corrected chi connectivity index (χ1v) is 10.4. The van der Waals surface area contributed by atoms with Gasteiger partial charge in [0.15, 0.2) is 12.4 Å². The van der Waals surface area contributed by atoms with E-state index in [-0.39, 0.29) is 12.5 Å². The molecule has 3 heterocycles. The van der Waals surface area contributed by atoms with Gasteiger partial charge in [-0.3, -0.25) is 14.9 Å². The number of fused-ring (bicyclic) bond motifs is 1. The van der Waals surface area contributed by atoms with Crippen LogP contribution in [0.4, 0.5) is 0 Å². The number of nitrogens with one attached hydrogen (secondary N) is 1. The van der Waals surface area contributed by atoms with Crippen LogP contribution < -0.4 is 4.74 Å². The van der Waals surface area contributed by atoms with Crippen molar-refractivity contribution < 1.29 is 9.53 Å². The number of ether oxygens (including phenoxy) is 1. The van der Waals surface area contributed by atoms with Crippen molar-refractivity contribution in [2.45, 2.75) is 37.5 Å². The lowest BCUT2D eigenvalue weighted by Gasteiger charge is -2.31. The smallest absolute Gasteiger partial charge is 0.260 e. The molecule has 0 atom stereocenters. The van der Waals surface area contributed by atoms with E-state index in [2.05, 4.69) is 20.2 Å². The molecule has 0 radical (unpaired) electrons. The molecule has 2 aliphatic rings. The number of rotatable bonds is 5. The van der Waals surface area contributed by atoms with Crippen molar-refractivity contribution in [1.29, 1.82) is 0 Å². The van der Waals surface area contributed by atoms with Gasteiger partial charge in [0.25, 0.3) is 5.91 Å². The van der Waals surface area contributed by atoms with E-state index in [9.17, 15) is 4.79 Å². The minimum absolute atomic E-state index is 0.00783. The van der Waals surface area contributed by atoms with E-state index in [1.807, 2.05) is 17.0 Å². The number of carbonyl (C=O) groups is 1. The van der Waals surface area contributed by atoms with Gasteiger partial charge >= 0.3 is 0 Å². The molecule has 150 valence electrons. The topological polar surface area (TPSA) is 84.0 Å². The van der Waals surface area contributed by atoms with Gasteiger partial charge in [0.2, 0.25) is 0 Å². The van der Waals surface area contributed by atoms with Crippen LogP contribution in [0, 0.1) is 0 Å². The van der Waals surface area contributed by atoms with Gasteiger partial charge in [0.1, 0.15) is 17.1 Å². The average molecular weight is 412 g/mol. The molecule has 1 saturated carbocycles. The fourth-order valence-corrected chi connectivity index (χ4v) is 4.07. The Labute approximate surface area is 173 Å². The van der Waals surface area contributed by atoms with E-state index in [4.69, 9.17) is 16.3 Å². The Kier molecular flexibility index (Phi) is 4.83. The summed E-state index contributed by atoms with van der Waals surface area (Å²) in [5.74, 6) is 3.37. The second-order valence-corrected chi connectivity index (χ2v) is 8.15. The standard InChI is InChI=1S/C21H22ClN5O2/c22-16-5-6-17(19-15(16)2-1-9-23-19)29-12-18(28)27-10-7-14(8-11-27)21-24-20(25-26-21)13-3-4-13/h1-2,5-6,9,13-14H,3-4,7-8,10-12H2,(H,24,25,26). The van der Waals surface area contributed by atoms with E-state index in [0.717, 1.165) is 29.9 Å². The van der Waals surface area contributed by atoms with E-state index in [1.54, 1.807) is 18.3 Å². The number of piperidine rings is 1. The zero-order chi connectivity index (χ0) is 19.8. The second-order valence-electron chi connectivity index (χ2n) is 7.74. The summed E-state index contributed by atoms with van der Waals surface area (Å²) in [6.45, 7) is 1.39. The molecule has 1 aliphatic heterocycles. The first kappa shape index (κ1) is 18.4. The molecule has 1 amide bonds. The lowest BCUT2D eigenvalue weighted by molar-refractivity contribution is -0.134. The van der Waals surface area contributed by atoms with Crippen molar-refractivity contribution in [1.82, 2.24) is 25.1 Å². The molecule has 2 aromatic heterocycles. The number of aromatic nitrogens is 4. The highest BCUT2D eigenvalue weighted by Crippen LogP contribution is 2.38. The van der Waals surface area contributed by atoms with Crippen LogP contribution in [0.3, 0.4) is 0 Å². The first-order valence-electron chi connectivity index (χ1n) is 10.0. The number of nitrogens with zero attached hydrogens (tertiary/aromatic N) is 4. The van der Waals surface area contributed by atoms with Gasteiger partial charge in [0, 0.05) is 36.5 Å². The molecule has 7 nitrogen and oxygen atoms in total. The lowest BCUT2D eigenvalue weighted by Crippen LogP contribution is -2.40. The maximum atomic E-state index is 12.6. The van der Waals surface area contributed by atoms with Crippen LogP contribution in [-0.4, -0.2) is 50.7 Å². The number of benzene rings is 1. The van der Waals surface area contributed by atoms with Crippen molar-refractivity contribution in [3.05, 3.63) is 47.1 Å². The molecule has 1 aromatic carbocycles. The molecular weight excluding hydrogens is 390 g/mol. The van der Waals surface area contributed by atoms with Gasteiger partial charge in [-0.25, -0.2) is 4.98 Å². The Morgan fingerprint density at radius 3 is 2.79 bits per heavy atom. The molecule has 5 rings (SSSR count). The molecule has 29 heavy (non-hydrogen) atoms. The number of halogens is 1. The van der Waals surface area contributed by atoms with Gasteiger partial charge in [-0.05, 0) is 49.9 Å². The Bertz CT molecular complexity index is 1040. The highest BCUT2D eigenvalue weighted by Gasteiger charge is 2.30. The van der Waals surface area contributed by atoms with Crippen molar-refractivity contribution in [3.8, 4) is 5.75 Å². The summed E-state index contributed by atoms with van der Waals surface area (Å²) in [5.41, 5.74) is 0.670. The number of aromatic amines is 1. The van der Waals surface area contributed by atoms with Crippen molar-refractivity contribution in [3.63, 3.8) is 0 Å². The minimum Gasteiger partial charge on any atom is -0.481 e. The number of carbonyl (C=O) groups excluding carboxylic acids is 1. The zero-order valence-corrected chi connectivity index (χ0v) is 16.7. The Morgan fingerprint density at radius 2 is 2.00 bits per heavy atom. The summed E-state index contributed by atoms with van der Waals surface area (Å²) >= 11 is 6.22. The molecule has 1 N–H and O–H groups in total. The molecule has 1 saturated heterocycles. The number of pyridine rings is 1. The molecular formula is C21H22ClN5O2. The Morgan fingerprint density at radius 1 is 1.17 bits per heavy atom. The molecule has 0 unspecified atom stereocenters. The summed E-state index contributed by atoms with van der Waals surface area (Å²) < 4.78 is 5.80. The number of hydrogen-bond donors (Lipinski definition) is 1. The summed E-state index contributed by atoms with van der Waals surface area (Å²) in [6.07, 6.45) is 5.86. The van der Waals surface area contributed by atoms with Crippen molar-refractivity contribution in [2.24, 2.45) is 0 Å². The number of likely N-dealkylation sites (tertiary alicyclic amines) is 1. The van der Waals surface area contributed by atoms with Crippen molar-refractivity contribution in [2.75, 3.05) is 19.7 Å². The summed E-state index contributed by atoms with van der Waals surface area (Å²) in [6, 6.07) is 7.25. The Balaban J connectivity index is 1.18. The van der Waals surface area contributed by atoms with Crippen LogP contribution in [0.25, 0.3) is 10.9 Å². The van der Waals surface area contributed by atoms with E-state index in [1.165, 1.54) is 12.8 Å². The fraction of sp³-hybridized carbons (Fsp3) is 0.429. The van der Waals surface area contributed by atoms with Crippen LogP contribution in [0.1, 0.15) is 49.2 Å². The SMILES string of the molecule is O=C(COc1ccc(Cl)c2cccnc12)N1CCC(c2nc(C3CC3)n[nH]2)CC1. The van der Waals surface area contributed by atoms with Gasteiger partial charge in [-0.2, -0.15) is 5.10 Å². The fourth-order valence-electron chi connectivity index (χ4n) is 3.86. The van der Waals surface area contributed by atoms with E-state index >= 15 is 0 Å². The van der Waals surface area contributed by atoms with Crippen LogP contribution in [-0.2, 0) is 4.79 Å². The molecule has 0 spiro atoms. The van der Waals surface area contributed by atoms with Crippen LogP contribution in [0.5, 0.6) is 5.75 Å². The van der Waals surface area contributed by atoms with Gasteiger partial charge in [-0.15, -0.1) is 0 Å². The molecule has 2 fully saturated rings. The molecule has 0 bridgehead atoms. The Hall–Kier alpha value is -2.67. The van der Waals surface area contributed by atoms with Crippen LogP contribution in [0.15, 0.2) is 30.5 Å². The third kappa shape index (κ3) is 3.79. The predicted octanol–water partition coefficient (Wildman–Crippen LogP) is 3.67.